The molecule has 2 N–H and O–H groups in total. The molecule has 0 amide bonds. The van der Waals surface area contributed by atoms with Crippen LogP contribution in [0.3, 0.4) is 0 Å². The molecular formula is C13H19N5O2S. The predicted molar refractivity (Wildman–Crippen MR) is 79.0 cm³/mol. The third kappa shape index (κ3) is 3.87. The molecule has 0 aliphatic carbocycles. The molecule has 8 heteroatoms. The quantitative estimate of drug-likeness (QED) is 0.802. The van der Waals surface area contributed by atoms with Crippen molar-refractivity contribution in [3.05, 3.63) is 41.5 Å². The molecule has 0 radical (unpaired) electrons. The molecule has 0 unspecified atom stereocenters. The lowest BCUT2D eigenvalue weighted by Gasteiger charge is -2.10. The molecule has 114 valence electrons. The van der Waals surface area contributed by atoms with Gasteiger partial charge in [0.25, 0.3) is 0 Å². The maximum atomic E-state index is 12.4. The van der Waals surface area contributed by atoms with E-state index < -0.39 is 10.0 Å². The van der Waals surface area contributed by atoms with Gasteiger partial charge in [0, 0.05) is 13.6 Å². The number of nitrogens with zero attached hydrogens (tertiary/aromatic N) is 3. The van der Waals surface area contributed by atoms with Gasteiger partial charge in [-0.1, -0.05) is 12.1 Å². The Bertz CT molecular complexity index is 724. The fraction of sp³-hybridized carbons (Fsp3) is 0.385. The van der Waals surface area contributed by atoms with Crippen molar-refractivity contribution in [1.82, 2.24) is 24.8 Å². The summed E-state index contributed by atoms with van der Waals surface area (Å²) >= 11 is 0. The van der Waals surface area contributed by atoms with Crippen LogP contribution in [-0.2, 0) is 30.2 Å². The lowest BCUT2D eigenvalue weighted by Crippen LogP contribution is -2.25. The molecule has 1 heterocycles. The SMILES string of the molecule is CNCc1ccc(C)c(S(=O)(=O)NCc2ncn(C)n2)c1. The van der Waals surface area contributed by atoms with Crippen LogP contribution < -0.4 is 10.0 Å². The van der Waals surface area contributed by atoms with Crippen molar-refractivity contribution in [2.75, 3.05) is 7.05 Å². The fourth-order valence-corrected chi connectivity index (χ4v) is 3.22. The lowest BCUT2D eigenvalue weighted by atomic mass is 10.1. The van der Waals surface area contributed by atoms with Gasteiger partial charge in [-0.15, -0.1) is 0 Å². The van der Waals surface area contributed by atoms with Gasteiger partial charge in [-0.05, 0) is 31.2 Å². The lowest BCUT2D eigenvalue weighted by molar-refractivity contribution is 0.577. The Kier molecular flexibility index (Phi) is 4.71. The van der Waals surface area contributed by atoms with Crippen LogP contribution in [0, 0.1) is 6.92 Å². The van der Waals surface area contributed by atoms with E-state index >= 15 is 0 Å². The fourth-order valence-electron chi connectivity index (χ4n) is 1.95. The number of rotatable bonds is 6. The van der Waals surface area contributed by atoms with E-state index in [0.717, 1.165) is 5.56 Å². The molecule has 1 aromatic heterocycles. The number of aromatic nitrogens is 3. The summed E-state index contributed by atoms with van der Waals surface area (Å²) in [7, 11) is -0.0368. The van der Waals surface area contributed by atoms with E-state index in [0.29, 0.717) is 17.9 Å². The maximum absolute atomic E-state index is 12.4. The first-order valence-electron chi connectivity index (χ1n) is 6.50. The third-order valence-corrected chi connectivity index (χ3v) is 4.53. The van der Waals surface area contributed by atoms with E-state index in [4.69, 9.17) is 0 Å². The van der Waals surface area contributed by atoms with Crippen LogP contribution >= 0.6 is 0 Å². The van der Waals surface area contributed by atoms with Gasteiger partial charge < -0.3 is 5.32 Å². The summed E-state index contributed by atoms with van der Waals surface area (Å²) in [6, 6.07) is 5.39. The number of benzene rings is 1. The summed E-state index contributed by atoms with van der Waals surface area (Å²) < 4.78 is 28.9. The molecule has 2 aromatic rings. The summed E-state index contributed by atoms with van der Waals surface area (Å²) in [5.74, 6) is 0.435. The van der Waals surface area contributed by atoms with Gasteiger partial charge in [0.05, 0.1) is 11.4 Å². The van der Waals surface area contributed by atoms with Gasteiger partial charge in [-0.3, -0.25) is 4.68 Å². The molecule has 2 rings (SSSR count). The summed E-state index contributed by atoms with van der Waals surface area (Å²) in [6.45, 7) is 2.46. The van der Waals surface area contributed by atoms with Crippen LogP contribution in [0.5, 0.6) is 0 Å². The number of nitrogens with one attached hydrogen (secondary N) is 2. The molecule has 0 atom stereocenters. The molecular weight excluding hydrogens is 290 g/mol. The molecule has 0 aliphatic heterocycles. The van der Waals surface area contributed by atoms with Crippen LogP contribution in [0.4, 0.5) is 0 Å². The van der Waals surface area contributed by atoms with Crippen LogP contribution in [0.25, 0.3) is 0 Å². The molecule has 0 bridgehead atoms. The van der Waals surface area contributed by atoms with E-state index in [1.54, 1.807) is 26.1 Å². The molecule has 0 aliphatic rings. The van der Waals surface area contributed by atoms with Gasteiger partial charge in [0.2, 0.25) is 10.0 Å². The first-order chi connectivity index (χ1) is 9.92. The number of hydrogen-bond donors (Lipinski definition) is 2. The minimum atomic E-state index is -3.59. The minimum Gasteiger partial charge on any atom is -0.316 e. The molecule has 7 nitrogen and oxygen atoms in total. The smallest absolute Gasteiger partial charge is 0.241 e. The Labute approximate surface area is 124 Å². The largest absolute Gasteiger partial charge is 0.316 e. The van der Waals surface area contributed by atoms with Gasteiger partial charge in [-0.25, -0.2) is 18.1 Å². The molecule has 0 spiro atoms. The van der Waals surface area contributed by atoms with Crippen molar-refractivity contribution in [2.24, 2.45) is 7.05 Å². The summed E-state index contributed by atoms with van der Waals surface area (Å²) in [6.07, 6.45) is 1.53. The van der Waals surface area contributed by atoms with Gasteiger partial charge in [0.1, 0.15) is 6.33 Å². The van der Waals surface area contributed by atoms with E-state index in [2.05, 4.69) is 20.1 Å². The van der Waals surface area contributed by atoms with E-state index in [1.807, 2.05) is 13.1 Å². The van der Waals surface area contributed by atoms with Crippen molar-refractivity contribution >= 4 is 10.0 Å². The van der Waals surface area contributed by atoms with Crippen LogP contribution in [0.2, 0.25) is 0 Å². The second-order valence-corrected chi connectivity index (χ2v) is 6.52. The second kappa shape index (κ2) is 6.33. The van der Waals surface area contributed by atoms with E-state index in [1.165, 1.54) is 11.0 Å². The molecule has 21 heavy (non-hydrogen) atoms. The normalized spacial score (nSPS) is 11.8. The monoisotopic (exact) mass is 309 g/mol. The van der Waals surface area contributed by atoms with Gasteiger partial charge >= 0.3 is 0 Å². The minimum absolute atomic E-state index is 0.0683. The average Bonchev–Trinajstić information content (AvgIpc) is 2.85. The van der Waals surface area contributed by atoms with E-state index in [9.17, 15) is 8.42 Å². The Morgan fingerprint density at radius 3 is 2.67 bits per heavy atom. The van der Waals surface area contributed by atoms with Crippen molar-refractivity contribution in [3.8, 4) is 0 Å². The molecule has 0 saturated heterocycles. The van der Waals surface area contributed by atoms with Crippen molar-refractivity contribution in [3.63, 3.8) is 0 Å². The highest BCUT2D eigenvalue weighted by Crippen LogP contribution is 2.17. The number of hydrogen-bond acceptors (Lipinski definition) is 5. The predicted octanol–water partition coefficient (Wildman–Crippen LogP) is 0.321. The van der Waals surface area contributed by atoms with Gasteiger partial charge in [-0.2, -0.15) is 5.10 Å². The molecule has 0 fully saturated rings. The van der Waals surface area contributed by atoms with E-state index in [-0.39, 0.29) is 11.4 Å². The average molecular weight is 309 g/mol. The van der Waals surface area contributed by atoms with Gasteiger partial charge in [0.15, 0.2) is 5.82 Å². The number of sulfonamides is 1. The van der Waals surface area contributed by atoms with Crippen LogP contribution in [0.15, 0.2) is 29.4 Å². The zero-order chi connectivity index (χ0) is 15.5. The standard InChI is InChI=1S/C13H19N5O2S/c1-10-4-5-11(7-14-2)6-12(10)21(19,20)16-8-13-15-9-18(3)17-13/h4-6,9,14,16H,7-8H2,1-3H3. The Hall–Kier alpha value is -1.77. The molecule has 1 aromatic carbocycles. The maximum Gasteiger partial charge on any atom is 0.241 e. The Morgan fingerprint density at radius 1 is 1.29 bits per heavy atom. The first-order valence-corrected chi connectivity index (χ1v) is 7.99. The second-order valence-electron chi connectivity index (χ2n) is 4.79. The van der Waals surface area contributed by atoms with Crippen molar-refractivity contribution in [1.29, 1.82) is 0 Å². The highest BCUT2D eigenvalue weighted by molar-refractivity contribution is 7.89. The summed E-state index contributed by atoms with van der Waals surface area (Å²) in [4.78, 5) is 4.28. The highest BCUT2D eigenvalue weighted by atomic mass is 32.2. The summed E-state index contributed by atoms with van der Waals surface area (Å²) in [5, 5.41) is 7.05. The first kappa shape index (κ1) is 15.6. The zero-order valence-electron chi connectivity index (χ0n) is 12.3. The van der Waals surface area contributed by atoms with Crippen LogP contribution in [-0.4, -0.2) is 30.2 Å². The number of aryl methyl sites for hydroxylation is 2. The highest BCUT2D eigenvalue weighted by Gasteiger charge is 2.17. The topological polar surface area (TPSA) is 88.9 Å². The Morgan fingerprint density at radius 2 is 2.05 bits per heavy atom. The molecule has 0 saturated carbocycles. The summed E-state index contributed by atoms with van der Waals surface area (Å²) in [5.41, 5.74) is 1.62. The van der Waals surface area contributed by atoms with Crippen LogP contribution in [0.1, 0.15) is 17.0 Å². The third-order valence-electron chi connectivity index (χ3n) is 2.99. The van der Waals surface area contributed by atoms with Crippen molar-refractivity contribution in [2.45, 2.75) is 24.9 Å². The van der Waals surface area contributed by atoms with Crippen molar-refractivity contribution < 1.29 is 8.42 Å². The zero-order valence-corrected chi connectivity index (χ0v) is 13.1. The Balaban J connectivity index is 2.20.